The number of esters is 2. The molecule has 9 heteroatoms. The number of quaternary nitrogens is 1. The van der Waals surface area contributed by atoms with Gasteiger partial charge in [0.15, 0.2) is 6.10 Å². The molecule has 0 bridgehead atoms. The molecule has 0 aromatic rings. The minimum atomic E-state index is -1.52. The van der Waals surface area contributed by atoms with E-state index in [1.54, 1.807) is 0 Å². The van der Waals surface area contributed by atoms with Crippen molar-refractivity contribution in [2.45, 2.75) is 187 Å². The fourth-order valence-corrected chi connectivity index (χ4v) is 6.03. The van der Waals surface area contributed by atoms with E-state index in [-0.39, 0.29) is 38.6 Å². The first-order valence-electron chi connectivity index (χ1n) is 23.6. The van der Waals surface area contributed by atoms with Crippen LogP contribution in [-0.4, -0.2) is 87.4 Å². The second kappa shape index (κ2) is 42.4. The third-order valence-electron chi connectivity index (χ3n) is 9.70. The Labute approximate surface area is 367 Å². The highest BCUT2D eigenvalue weighted by atomic mass is 16.7. The third kappa shape index (κ3) is 42.8. The summed E-state index contributed by atoms with van der Waals surface area (Å²) in [7, 11) is 5.94. The topological polar surface area (TPSA) is 108 Å². The summed E-state index contributed by atoms with van der Waals surface area (Å²) < 4.78 is 22.7. The largest absolute Gasteiger partial charge is 0.477 e. The van der Waals surface area contributed by atoms with Crippen molar-refractivity contribution in [1.82, 2.24) is 0 Å². The van der Waals surface area contributed by atoms with Gasteiger partial charge in [0.25, 0.3) is 6.29 Å². The average molecular weight is 843 g/mol. The highest BCUT2D eigenvalue weighted by molar-refractivity contribution is 5.71. The quantitative estimate of drug-likeness (QED) is 0.0213. The normalized spacial score (nSPS) is 13.6. The van der Waals surface area contributed by atoms with Crippen LogP contribution in [0.25, 0.3) is 0 Å². The van der Waals surface area contributed by atoms with Crippen LogP contribution >= 0.6 is 0 Å². The molecule has 0 rings (SSSR count). The van der Waals surface area contributed by atoms with Crippen LogP contribution in [0.15, 0.2) is 72.9 Å². The van der Waals surface area contributed by atoms with Crippen LogP contribution in [0.5, 0.6) is 0 Å². The fourth-order valence-electron chi connectivity index (χ4n) is 6.03. The van der Waals surface area contributed by atoms with Crippen molar-refractivity contribution < 1.29 is 42.9 Å². The molecule has 0 saturated carbocycles. The number of carbonyl (C=O) groups excluding carboxylic acids is 2. The van der Waals surface area contributed by atoms with Crippen LogP contribution in [0.4, 0.5) is 0 Å². The van der Waals surface area contributed by atoms with Crippen molar-refractivity contribution in [3.63, 3.8) is 0 Å². The van der Waals surface area contributed by atoms with Crippen molar-refractivity contribution in [3.05, 3.63) is 72.9 Å². The Balaban J connectivity index is 4.47. The second-order valence-corrected chi connectivity index (χ2v) is 16.7. The maximum atomic E-state index is 12.8. The summed E-state index contributed by atoms with van der Waals surface area (Å²) in [5.41, 5.74) is 0. The minimum Gasteiger partial charge on any atom is -0.477 e. The molecule has 0 radical (unpaired) electrons. The summed E-state index contributed by atoms with van der Waals surface area (Å²) in [4.78, 5) is 37.2. The van der Waals surface area contributed by atoms with Gasteiger partial charge in [-0.1, -0.05) is 151 Å². The van der Waals surface area contributed by atoms with E-state index in [0.29, 0.717) is 17.4 Å². The summed E-state index contributed by atoms with van der Waals surface area (Å²) in [5, 5.41) is 9.65. The molecule has 2 atom stereocenters. The highest BCUT2D eigenvalue weighted by Gasteiger charge is 2.25. The standard InChI is InChI=1S/C51H87NO8/c1-6-8-10-12-14-16-18-20-22-23-24-25-26-27-28-30-32-34-36-38-40-42-49(54)60-47(46-59-51(50(55)56)57-44-43-52(3,4)5)45-58-48(53)41-39-37-35-33-31-29-21-19-17-15-13-11-9-7-2/h8,10,14,16,19-22,24-25,27-28,47,51H,6-7,9,11-13,15,17-18,23,26,29-46H2,1-5H3/p+1/b10-8-,16-14-,21-19-,22-20-,25-24-,28-27-. The van der Waals surface area contributed by atoms with Crippen LogP contribution < -0.4 is 0 Å². The zero-order chi connectivity index (χ0) is 44.2. The number of likely N-dealkylation sites (N-methyl/N-ethyl adjacent to an activating group) is 1. The molecule has 60 heavy (non-hydrogen) atoms. The Morgan fingerprint density at radius 3 is 1.43 bits per heavy atom. The number of unbranched alkanes of at least 4 members (excludes halogenated alkanes) is 15. The van der Waals surface area contributed by atoms with Crippen molar-refractivity contribution in [2.24, 2.45) is 0 Å². The number of carboxylic acid groups (broad SMARTS) is 1. The summed E-state index contributed by atoms with van der Waals surface area (Å²) >= 11 is 0. The van der Waals surface area contributed by atoms with Gasteiger partial charge in [-0.2, -0.15) is 0 Å². The second-order valence-electron chi connectivity index (χ2n) is 16.7. The molecule has 0 aromatic carbocycles. The van der Waals surface area contributed by atoms with Gasteiger partial charge in [0.1, 0.15) is 13.2 Å². The zero-order valence-electron chi connectivity index (χ0n) is 38.8. The van der Waals surface area contributed by atoms with Crippen LogP contribution in [-0.2, 0) is 33.3 Å². The lowest BCUT2D eigenvalue weighted by molar-refractivity contribution is -0.870. The van der Waals surface area contributed by atoms with Gasteiger partial charge in [0.2, 0.25) is 0 Å². The van der Waals surface area contributed by atoms with Crippen LogP contribution in [0, 0.1) is 0 Å². The van der Waals surface area contributed by atoms with Crippen molar-refractivity contribution >= 4 is 17.9 Å². The van der Waals surface area contributed by atoms with Gasteiger partial charge in [-0.15, -0.1) is 0 Å². The van der Waals surface area contributed by atoms with E-state index in [1.807, 2.05) is 21.1 Å². The predicted octanol–water partition coefficient (Wildman–Crippen LogP) is 12.7. The summed E-state index contributed by atoms with van der Waals surface area (Å²) in [6.45, 7) is 4.70. The first kappa shape index (κ1) is 56.7. The Kier molecular flexibility index (Phi) is 40.1. The highest BCUT2D eigenvalue weighted by Crippen LogP contribution is 2.13. The lowest BCUT2D eigenvalue weighted by Crippen LogP contribution is -2.40. The number of rotatable bonds is 42. The lowest BCUT2D eigenvalue weighted by atomic mass is 10.1. The molecule has 9 nitrogen and oxygen atoms in total. The van der Waals surface area contributed by atoms with Gasteiger partial charge in [-0.25, -0.2) is 4.79 Å². The molecule has 0 aromatic heterocycles. The van der Waals surface area contributed by atoms with Gasteiger partial charge in [-0.3, -0.25) is 9.59 Å². The number of nitrogens with zero attached hydrogens (tertiary/aromatic N) is 1. The first-order valence-corrected chi connectivity index (χ1v) is 23.6. The Bertz CT molecular complexity index is 1210. The molecule has 1 N–H and O–H groups in total. The van der Waals surface area contributed by atoms with Gasteiger partial charge < -0.3 is 28.5 Å². The fraction of sp³-hybridized carbons (Fsp3) is 0.706. The molecular weight excluding hydrogens is 755 g/mol. The Morgan fingerprint density at radius 2 is 0.950 bits per heavy atom. The number of carbonyl (C=O) groups is 3. The van der Waals surface area contributed by atoms with E-state index in [2.05, 4.69) is 86.8 Å². The first-order chi connectivity index (χ1) is 29.1. The van der Waals surface area contributed by atoms with Crippen LogP contribution in [0.1, 0.15) is 174 Å². The number of allylic oxidation sites excluding steroid dienone is 12. The summed E-state index contributed by atoms with van der Waals surface area (Å²) in [6.07, 6.45) is 49.6. The van der Waals surface area contributed by atoms with E-state index < -0.39 is 24.3 Å². The molecule has 0 fully saturated rings. The SMILES string of the molecule is CC/C=C\C/C=C\C/C=C\C/C=C\C/C=C\CCCCCCCC(=O)OC(COC(=O)CCCCCCC/C=C\CCCCCCC)COC(OCC[N+](C)(C)C)C(=O)O. The van der Waals surface area contributed by atoms with Gasteiger partial charge in [0.05, 0.1) is 34.4 Å². The zero-order valence-corrected chi connectivity index (χ0v) is 38.8. The lowest BCUT2D eigenvalue weighted by Gasteiger charge is -2.25. The van der Waals surface area contributed by atoms with Crippen molar-refractivity contribution in [3.8, 4) is 0 Å². The van der Waals surface area contributed by atoms with Crippen molar-refractivity contribution in [1.29, 1.82) is 0 Å². The molecular formula is C51H88NO8+. The molecule has 0 saturated heterocycles. The van der Waals surface area contributed by atoms with Crippen LogP contribution in [0.3, 0.4) is 0 Å². The molecule has 0 aliphatic carbocycles. The maximum Gasteiger partial charge on any atom is 0.361 e. The van der Waals surface area contributed by atoms with E-state index in [4.69, 9.17) is 18.9 Å². The number of aliphatic carboxylic acids is 1. The summed E-state index contributed by atoms with van der Waals surface area (Å²) in [6, 6.07) is 0. The molecule has 2 unspecified atom stereocenters. The van der Waals surface area contributed by atoms with Crippen LogP contribution in [0.2, 0.25) is 0 Å². The van der Waals surface area contributed by atoms with E-state index in [0.717, 1.165) is 103 Å². The molecule has 0 heterocycles. The van der Waals surface area contributed by atoms with Gasteiger partial charge in [0, 0.05) is 12.8 Å². The molecule has 0 aliphatic heterocycles. The predicted molar refractivity (Wildman–Crippen MR) is 249 cm³/mol. The number of hydrogen-bond donors (Lipinski definition) is 1. The molecule has 344 valence electrons. The molecule has 0 amide bonds. The van der Waals surface area contributed by atoms with Gasteiger partial charge >= 0.3 is 17.9 Å². The van der Waals surface area contributed by atoms with E-state index >= 15 is 0 Å². The number of carboxylic acids is 1. The molecule has 0 spiro atoms. The maximum absolute atomic E-state index is 12.8. The van der Waals surface area contributed by atoms with Crippen molar-refractivity contribution in [2.75, 3.05) is 47.5 Å². The number of ether oxygens (including phenoxy) is 4. The van der Waals surface area contributed by atoms with E-state index in [1.165, 1.54) is 38.5 Å². The third-order valence-corrected chi connectivity index (χ3v) is 9.70. The molecule has 0 aliphatic rings. The van der Waals surface area contributed by atoms with E-state index in [9.17, 15) is 19.5 Å². The Hall–Kier alpha value is -3.27. The summed E-state index contributed by atoms with van der Waals surface area (Å²) in [5.74, 6) is -2.05. The smallest absolute Gasteiger partial charge is 0.361 e. The van der Waals surface area contributed by atoms with Gasteiger partial charge in [-0.05, 0) is 83.5 Å². The minimum absolute atomic E-state index is 0.179. The average Bonchev–Trinajstić information content (AvgIpc) is 3.21. The Morgan fingerprint density at radius 1 is 0.517 bits per heavy atom. The monoisotopic (exact) mass is 843 g/mol. The number of hydrogen-bond acceptors (Lipinski definition) is 7.